The first-order valence-corrected chi connectivity index (χ1v) is 7.13. The molecular formula is C13H18BrN3O2. The van der Waals surface area contributed by atoms with Crippen molar-refractivity contribution >= 4 is 27.7 Å². The van der Waals surface area contributed by atoms with Gasteiger partial charge in [-0.15, -0.1) is 0 Å². The van der Waals surface area contributed by atoms with Gasteiger partial charge >= 0.3 is 5.97 Å². The highest BCUT2D eigenvalue weighted by Crippen LogP contribution is 2.25. The average Bonchev–Trinajstić information content (AvgIpc) is 2.76. The number of ether oxygens (including phenoxy) is 1. The van der Waals surface area contributed by atoms with Crippen LogP contribution in [-0.4, -0.2) is 34.1 Å². The Kier molecular flexibility index (Phi) is 4.08. The molecule has 0 radical (unpaired) electrons. The summed E-state index contributed by atoms with van der Waals surface area (Å²) < 4.78 is 6.14. The van der Waals surface area contributed by atoms with Crippen LogP contribution in [0.5, 0.6) is 0 Å². The zero-order valence-corrected chi connectivity index (χ0v) is 13.0. The molecule has 0 unspecified atom stereocenters. The molecule has 0 amide bonds. The zero-order chi connectivity index (χ0) is 14.0. The number of rotatable bonds is 2. The normalized spacial score (nSPS) is 19.6. The van der Waals surface area contributed by atoms with Crippen molar-refractivity contribution in [1.29, 1.82) is 0 Å². The van der Waals surface area contributed by atoms with Crippen molar-refractivity contribution in [1.82, 2.24) is 9.97 Å². The molecule has 0 aliphatic carbocycles. The van der Waals surface area contributed by atoms with Crippen LogP contribution in [0.2, 0.25) is 0 Å². The molecule has 1 aromatic heterocycles. The van der Waals surface area contributed by atoms with Crippen molar-refractivity contribution in [2.45, 2.75) is 45.3 Å². The Bertz CT molecular complexity index is 456. The maximum atomic E-state index is 12.2. The minimum Gasteiger partial charge on any atom is -0.458 e. The molecule has 6 heteroatoms. The molecule has 2 rings (SSSR count). The Balaban J connectivity index is 2.12. The smallest absolute Gasteiger partial charge is 0.329 e. The Labute approximate surface area is 121 Å². The first-order valence-electron chi connectivity index (χ1n) is 6.34. The summed E-state index contributed by atoms with van der Waals surface area (Å²) in [6, 6.07) is -0.255. The van der Waals surface area contributed by atoms with E-state index in [9.17, 15) is 4.79 Å². The number of halogens is 1. The highest BCUT2D eigenvalue weighted by atomic mass is 79.9. The Morgan fingerprint density at radius 1 is 1.42 bits per heavy atom. The van der Waals surface area contributed by atoms with Crippen molar-refractivity contribution in [2.24, 2.45) is 0 Å². The summed E-state index contributed by atoms with van der Waals surface area (Å²) in [6.07, 6.45) is 5.07. The number of carbonyl (C=O) groups is 1. The highest BCUT2D eigenvalue weighted by Gasteiger charge is 2.34. The van der Waals surface area contributed by atoms with E-state index < -0.39 is 5.60 Å². The van der Waals surface area contributed by atoms with Crippen LogP contribution in [0, 0.1) is 0 Å². The lowest BCUT2D eigenvalue weighted by Gasteiger charge is -2.27. The van der Waals surface area contributed by atoms with Crippen LogP contribution in [0.15, 0.2) is 17.0 Å². The summed E-state index contributed by atoms with van der Waals surface area (Å²) in [5.74, 6) is 0.534. The molecule has 1 saturated heterocycles. The van der Waals surface area contributed by atoms with E-state index in [1.807, 2.05) is 25.7 Å². The van der Waals surface area contributed by atoms with Crippen molar-refractivity contribution in [2.75, 3.05) is 11.4 Å². The molecule has 0 bridgehead atoms. The predicted octanol–water partition coefficient (Wildman–Crippen LogP) is 2.55. The van der Waals surface area contributed by atoms with Gasteiger partial charge < -0.3 is 9.64 Å². The van der Waals surface area contributed by atoms with Crippen molar-refractivity contribution in [3.8, 4) is 0 Å². The summed E-state index contributed by atoms with van der Waals surface area (Å²) in [4.78, 5) is 22.6. The van der Waals surface area contributed by atoms with Gasteiger partial charge in [0.25, 0.3) is 0 Å². The SMILES string of the molecule is CC(C)(C)OC(=O)[C@H]1CCCN1c1cnc(Br)cn1. The van der Waals surface area contributed by atoms with E-state index in [-0.39, 0.29) is 12.0 Å². The van der Waals surface area contributed by atoms with Crippen molar-refractivity contribution in [3.05, 3.63) is 17.0 Å². The molecule has 0 N–H and O–H groups in total. The fraction of sp³-hybridized carbons (Fsp3) is 0.615. The molecule has 0 saturated carbocycles. The van der Waals surface area contributed by atoms with Gasteiger partial charge in [-0.2, -0.15) is 0 Å². The van der Waals surface area contributed by atoms with Gasteiger partial charge in [0.2, 0.25) is 0 Å². The molecule has 104 valence electrons. The van der Waals surface area contributed by atoms with Gasteiger partial charge in [0.15, 0.2) is 0 Å². The number of aromatic nitrogens is 2. The van der Waals surface area contributed by atoms with Crippen LogP contribution in [0.4, 0.5) is 5.82 Å². The van der Waals surface area contributed by atoms with Gasteiger partial charge in [0.1, 0.15) is 22.1 Å². The second kappa shape index (κ2) is 5.45. The largest absolute Gasteiger partial charge is 0.458 e. The van der Waals surface area contributed by atoms with Crippen LogP contribution < -0.4 is 4.90 Å². The summed E-state index contributed by atoms with van der Waals surface area (Å²) in [6.45, 7) is 6.44. The molecule has 1 aliphatic heterocycles. The zero-order valence-electron chi connectivity index (χ0n) is 11.4. The minimum absolute atomic E-state index is 0.185. The maximum absolute atomic E-state index is 12.2. The molecule has 1 atom stereocenters. The summed E-state index contributed by atoms with van der Waals surface area (Å²) in [5, 5.41) is 0. The Morgan fingerprint density at radius 3 is 2.74 bits per heavy atom. The number of anilines is 1. The lowest BCUT2D eigenvalue weighted by atomic mass is 10.1. The van der Waals surface area contributed by atoms with E-state index in [0.29, 0.717) is 4.60 Å². The molecular weight excluding hydrogens is 310 g/mol. The van der Waals surface area contributed by atoms with Gasteiger partial charge in [0, 0.05) is 6.54 Å². The van der Waals surface area contributed by atoms with Gasteiger partial charge in [-0.1, -0.05) is 0 Å². The average molecular weight is 328 g/mol. The minimum atomic E-state index is -0.462. The highest BCUT2D eigenvalue weighted by molar-refractivity contribution is 9.10. The van der Waals surface area contributed by atoms with E-state index in [4.69, 9.17) is 4.74 Å². The number of esters is 1. The second-order valence-electron chi connectivity index (χ2n) is 5.58. The van der Waals surface area contributed by atoms with Gasteiger partial charge in [-0.3, -0.25) is 0 Å². The van der Waals surface area contributed by atoms with Crippen molar-refractivity contribution in [3.63, 3.8) is 0 Å². The van der Waals surface area contributed by atoms with E-state index in [1.165, 1.54) is 0 Å². The molecule has 1 aromatic rings. The lowest BCUT2D eigenvalue weighted by molar-refractivity contribution is -0.156. The quantitative estimate of drug-likeness (QED) is 0.781. The molecule has 2 heterocycles. The Morgan fingerprint density at radius 2 is 2.16 bits per heavy atom. The van der Waals surface area contributed by atoms with Crippen LogP contribution >= 0.6 is 15.9 Å². The predicted molar refractivity (Wildman–Crippen MR) is 75.9 cm³/mol. The molecule has 19 heavy (non-hydrogen) atoms. The second-order valence-corrected chi connectivity index (χ2v) is 6.39. The molecule has 1 aliphatic rings. The Hall–Kier alpha value is -1.17. The third-order valence-electron chi connectivity index (χ3n) is 2.83. The molecule has 5 nitrogen and oxygen atoms in total. The third kappa shape index (κ3) is 3.65. The fourth-order valence-electron chi connectivity index (χ4n) is 2.11. The number of hydrogen-bond acceptors (Lipinski definition) is 5. The van der Waals surface area contributed by atoms with E-state index >= 15 is 0 Å². The van der Waals surface area contributed by atoms with Crippen LogP contribution in [0.3, 0.4) is 0 Å². The lowest BCUT2D eigenvalue weighted by Crippen LogP contribution is -2.41. The first-order chi connectivity index (χ1) is 8.87. The molecule has 1 fully saturated rings. The summed E-state index contributed by atoms with van der Waals surface area (Å²) in [5.41, 5.74) is -0.462. The van der Waals surface area contributed by atoms with Gasteiger partial charge in [0.05, 0.1) is 12.4 Å². The molecule has 0 spiro atoms. The monoisotopic (exact) mass is 327 g/mol. The van der Waals surface area contributed by atoms with Crippen LogP contribution in [0.1, 0.15) is 33.6 Å². The van der Waals surface area contributed by atoms with Gasteiger partial charge in [-0.25, -0.2) is 14.8 Å². The van der Waals surface area contributed by atoms with Crippen LogP contribution in [0.25, 0.3) is 0 Å². The topological polar surface area (TPSA) is 55.3 Å². The summed E-state index contributed by atoms with van der Waals surface area (Å²) >= 11 is 3.25. The first kappa shape index (κ1) is 14.2. The fourth-order valence-corrected chi connectivity index (χ4v) is 2.31. The van der Waals surface area contributed by atoms with Crippen LogP contribution in [-0.2, 0) is 9.53 Å². The standard InChI is InChI=1S/C13H18BrN3O2/c1-13(2,3)19-12(18)9-5-4-6-17(9)11-8-15-10(14)7-16-11/h7-9H,4-6H2,1-3H3/t9-/m1/s1. The number of carbonyl (C=O) groups excluding carboxylic acids is 1. The third-order valence-corrected chi connectivity index (χ3v) is 3.24. The van der Waals surface area contributed by atoms with Crippen molar-refractivity contribution < 1.29 is 9.53 Å². The number of nitrogens with zero attached hydrogens (tertiary/aromatic N) is 3. The van der Waals surface area contributed by atoms with E-state index in [2.05, 4.69) is 25.9 Å². The number of hydrogen-bond donors (Lipinski definition) is 0. The molecule has 0 aromatic carbocycles. The summed E-state index contributed by atoms with van der Waals surface area (Å²) in [7, 11) is 0. The van der Waals surface area contributed by atoms with Gasteiger partial charge in [-0.05, 0) is 49.5 Å². The van der Waals surface area contributed by atoms with E-state index in [1.54, 1.807) is 12.4 Å². The maximum Gasteiger partial charge on any atom is 0.329 e. The van der Waals surface area contributed by atoms with E-state index in [0.717, 1.165) is 25.2 Å².